The number of carbonyl (C=O) groups excluding carboxylic acids is 2. The SMILES string of the molecule is CC(CO)(CO)CO.COc1c(C=O)ccc(C)c1C=O. The van der Waals surface area contributed by atoms with Crippen LogP contribution in [0.3, 0.4) is 0 Å². The molecule has 118 valence electrons. The van der Waals surface area contributed by atoms with Gasteiger partial charge in [-0.15, -0.1) is 0 Å². The Balaban J connectivity index is 0.000000433. The van der Waals surface area contributed by atoms with Crippen molar-refractivity contribution in [1.29, 1.82) is 0 Å². The van der Waals surface area contributed by atoms with Crippen LogP contribution in [0.15, 0.2) is 12.1 Å². The molecule has 0 saturated heterocycles. The van der Waals surface area contributed by atoms with Crippen LogP contribution in [0.1, 0.15) is 33.2 Å². The Morgan fingerprint density at radius 3 is 1.90 bits per heavy atom. The Morgan fingerprint density at radius 1 is 1.10 bits per heavy atom. The highest BCUT2D eigenvalue weighted by Crippen LogP contribution is 2.23. The van der Waals surface area contributed by atoms with E-state index in [2.05, 4.69) is 0 Å². The molecule has 21 heavy (non-hydrogen) atoms. The van der Waals surface area contributed by atoms with Crippen molar-refractivity contribution in [2.75, 3.05) is 26.9 Å². The Hall–Kier alpha value is -1.76. The monoisotopic (exact) mass is 298 g/mol. The fourth-order valence-electron chi connectivity index (χ4n) is 1.33. The highest BCUT2D eigenvalue weighted by molar-refractivity contribution is 5.89. The van der Waals surface area contributed by atoms with Gasteiger partial charge in [-0.3, -0.25) is 9.59 Å². The van der Waals surface area contributed by atoms with E-state index in [4.69, 9.17) is 20.1 Å². The lowest BCUT2D eigenvalue weighted by molar-refractivity contribution is 0.0200. The zero-order valence-electron chi connectivity index (χ0n) is 12.5. The first-order valence-electron chi connectivity index (χ1n) is 6.33. The molecule has 0 saturated carbocycles. The molecule has 6 nitrogen and oxygen atoms in total. The van der Waals surface area contributed by atoms with E-state index in [0.717, 1.165) is 5.56 Å². The van der Waals surface area contributed by atoms with Crippen LogP contribution in [0.25, 0.3) is 0 Å². The summed E-state index contributed by atoms with van der Waals surface area (Å²) < 4.78 is 4.98. The van der Waals surface area contributed by atoms with E-state index >= 15 is 0 Å². The van der Waals surface area contributed by atoms with E-state index in [0.29, 0.717) is 29.4 Å². The first kappa shape index (κ1) is 19.2. The molecule has 0 aliphatic rings. The number of carbonyl (C=O) groups is 2. The van der Waals surface area contributed by atoms with Gasteiger partial charge in [0.2, 0.25) is 0 Å². The third-order valence-corrected chi connectivity index (χ3v) is 3.04. The van der Waals surface area contributed by atoms with E-state index in [-0.39, 0.29) is 19.8 Å². The third-order valence-electron chi connectivity index (χ3n) is 3.04. The number of aliphatic hydroxyl groups is 3. The predicted molar refractivity (Wildman–Crippen MR) is 77.9 cm³/mol. The van der Waals surface area contributed by atoms with Crippen LogP contribution >= 0.6 is 0 Å². The second-order valence-electron chi connectivity index (χ2n) is 4.94. The summed E-state index contributed by atoms with van der Waals surface area (Å²) in [7, 11) is 1.44. The van der Waals surface area contributed by atoms with Gasteiger partial charge >= 0.3 is 0 Å². The highest BCUT2D eigenvalue weighted by atomic mass is 16.5. The summed E-state index contributed by atoms with van der Waals surface area (Å²) in [6.45, 7) is 2.85. The van der Waals surface area contributed by atoms with Gasteiger partial charge in [-0.25, -0.2) is 0 Å². The molecule has 0 fully saturated rings. The van der Waals surface area contributed by atoms with Crippen LogP contribution < -0.4 is 4.74 Å². The van der Waals surface area contributed by atoms with Gasteiger partial charge in [0, 0.05) is 5.41 Å². The number of hydrogen-bond acceptors (Lipinski definition) is 6. The van der Waals surface area contributed by atoms with Crippen LogP contribution in [-0.2, 0) is 0 Å². The summed E-state index contributed by atoms with van der Waals surface area (Å²) in [6, 6.07) is 3.35. The normalized spacial score (nSPS) is 10.4. The number of methoxy groups -OCH3 is 1. The number of aliphatic hydroxyl groups excluding tert-OH is 3. The lowest BCUT2D eigenvalue weighted by atomic mass is 9.95. The van der Waals surface area contributed by atoms with E-state index < -0.39 is 5.41 Å². The van der Waals surface area contributed by atoms with E-state index in [1.165, 1.54) is 7.11 Å². The number of benzene rings is 1. The van der Waals surface area contributed by atoms with Crippen molar-refractivity contribution in [3.8, 4) is 5.75 Å². The van der Waals surface area contributed by atoms with Crippen molar-refractivity contribution in [3.63, 3.8) is 0 Å². The molecule has 3 N–H and O–H groups in total. The summed E-state index contributed by atoms with van der Waals surface area (Å²) in [5.41, 5.74) is 0.930. The average molecular weight is 298 g/mol. The zero-order valence-corrected chi connectivity index (χ0v) is 12.5. The maximum Gasteiger partial charge on any atom is 0.154 e. The van der Waals surface area contributed by atoms with E-state index in [1.54, 1.807) is 26.0 Å². The standard InChI is InChI=1S/C10H10O3.C5H12O3/c1-7-3-4-8(5-11)10(13-2)9(7)6-12;1-5(2-6,3-7)4-8/h3-6H,1-2H3;6-8H,2-4H2,1H3. The number of aryl methyl sites for hydroxylation is 1. The number of aldehydes is 2. The molecule has 1 aromatic carbocycles. The molecule has 0 aliphatic carbocycles. The number of rotatable bonds is 6. The minimum absolute atomic E-state index is 0.181. The molecule has 0 spiro atoms. The van der Waals surface area contributed by atoms with Gasteiger partial charge in [-0.1, -0.05) is 13.0 Å². The Bertz CT molecular complexity index is 457. The number of hydrogen-bond donors (Lipinski definition) is 3. The first-order chi connectivity index (χ1) is 9.92. The van der Waals surface area contributed by atoms with Gasteiger partial charge in [0.25, 0.3) is 0 Å². The molecule has 0 bridgehead atoms. The lowest BCUT2D eigenvalue weighted by Crippen LogP contribution is -2.29. The van der Waals surface area contributed by atoms with Crippen molar-refractivity contribution in [1.82, 2.24) is 0 Å². The average Bonchev–Trinajstić information content (AvgIpc) is 2.54. The van der Waals surface area contributed by atoms with Crippen LogP contribution in [0, 0.1) is 12.3 Å². The summed E-state index contributed by atoms with van der Waals surface area (Å²) in [6.07, 6.45) is 1.37. The molecule has 1 rings (SSSR count). The lowest BCUT2D eigenvalue weighted by Gasteiger charge is -2.20. The van der Waals surface area contributed by atoms with E-state index in [9.17, 15) is 9.59 Å². The van der Waals surface area contributed by atoms with Gasteiger partial charge in [0.05, 0.1) is 38.1 Å². The second kappa shape index (κ2) is 9.23. The van der Waals surface area contributed by atoms with Crippen molar-refractivity contribution < 1.29 is 29.6 Å². The maximum atomic E-state index is 10.7. The molecule has 0 aromatic heterocycles. The minimum atomic E-state index is -0.708. The molecule has 0 amide bonds. The van der Waals surface area contributed by atoms with Crippen LogP contribution in [0.4, 0.5) is 0 Å². The largest absolute Gasteiger partial charge is 0.495 e. The molecule has 6 heteroatoms. The fourth-order valence-corrected chi connectivity index (χ4v) is 1.33. The Morgan fingerprint density at radius 2 is 1.62 bits per heavy atom. The first-order valence-corrected chi connectivity index (χ1v) is 6.33. The maximum absolute atomic E-state index is 10.7. The topological polar surface area (TPSA) is 104 Å². The summed E-state index contributed by atoms with van der Waals surface area (Å²) >= 11 is 0. The third kappa shape index (κ3) is 5.26. The molecule has 0 heterocycles. The van der Waals surface area contributed by atoms with Crippen LogP contribution in [0.2, 0.25) is 0 Å². The molecule has 1 aromatic rings. The summed E-state index contributed by atoms with van der Waals surface area (Å²) in [5.74, 6) is 0.352. The van der Waals surface area contributed by atoms with Gasteiger partial charge in [0.1, 0.15) is 5.75 Å². The van der Waals surface area contributed by atoms with Crippen LogP contribution in [0.5, 0.6) is 5.75 Å². The molecular weight excluding hydrogens is 276 g/mol. The smallest absolute Gasteiger partial charge is 0.154 e. The molecular formula is C15H22O6. The number of ether oxygens (including phenoxy) is 1. The van der Waals surface area contributed by atoms with Gasteiger partial charge < -0.3 is 20.1 Å². The molecule has 0 radical (unpaired) electrons. The van der Waals surface area contributed by atoms with Crippen molar-refractivity contribution in [3.05, 3.63) is 28.8 Å². The van der Waals surface area contributed by atoms with Crippen molar-refractivity contribution >= 4 is 12.6 Å². The van der Waals surface area contributed by atoms with Crippen LogP contribution in [-0.4, -0.2) is 54.8 Å². The molecule has 0 aliphatic heterocycles. The van der Waals surface area contributed by atoms with Gasteiger partial charge in [-0.05, 0) is 18.6 Å². The van der Waals surface area contributed by atoms with Crippen molar-refractivity contribution in [2.45, 2.75) is 13.8 Å². The molecule has 0 unspecified atom stereocenters. The highest BCUT2D eigenvalue weighted by Gasteiger charge is 2.20. The predicted octanol–water partition coefficient (Wildman–Crippen LogP) is 0.598. The van der Waals surface area contributed by atoms with Gasteiger partial charge in [0.15, 0.2) is 12.6 Å². The fraction of sp³-hybridized carbons (Fsp3) is 0.467. The van der Waals surface area contributed by atoms with Gasteiger partial charge in [-0.2, -0.15) is 0 Å². The summed E-state index contributed by atoms with van der Waals surface area (Å²) in [5, 5.41) is 25.4. The molecule has 0 atom stereocenters. The van der Waals surface area contributed by atoms with E-state index in [1.807, 2.05) is 0 Å². The van der Waals surface area contributed by atoms with Crippen molar-refractivity contribution in [2.24, 2.45) is 5.41 Å². The Labute approximate surface area is 124 Å². The quantitative estimate of drug-likeness (QED) is 0.664. The Kier molecular flexibility index (Phi) is 8.45. The minimum Gasteiger partial charge on any atom is -0.495 e. The summed E-state index contributed by atoms with van der Waals surface area (Å²) in [4.78, 5) is 21.2. The second-order valence-corrected chi connectivity index (χ2v) is 4.94. The zero-order chi connectivity index (χ0) is 16.5.